The largest absolute Gasteiger partial charge is 0.378 e. The zero-order valence-corrected chi connectivity index (χ0v) is 11.0. The average molecular weight is 377 g/mol. The maximum Gasteiger partial charge on any atom is 0.328 e. The van der Waals surface area contributed by atoms with Crippen LogP contribution >= 0.6 is 38.5 Å². The standard InChI is InChI=1S/C9H8BrF2IO/c1-8(14,9(11,12)13)6-2-4-7(10)5-3-6/h2-5,14H,1H3. The number of benzene rings is 1. The Morgan fingerprint density at radius 3 is 2.07 bits per heavy atom. The fraction of sp³-hybridized carbons (Fsp3) is 0.333. The van der Waals surface area contributed by atoms with Crippen molar-refractivity contribution >= 4 is 38.5 Å². The second-order valence-electron chi connectivity index (χ2n) is 3.08. The molecule has 0 bridgehead atoms. The minimum Gasteiger partial charge on any atom is -0.378 e. The molecular formula is C9H8BrF2IO. The van der Waals surface area contributed by atoms with Gasteiger partial charge in [-0.3, -0.25) is 0 Å². The molecule has 1 aromatic carbocycles. The predicted octanol–water partition coefficient (Wildman–Crippen LogP) is 3.68. The van der Waals surface area contributed by atoms with Gasteiger partial charge in [-0.25, -0.2) is 0 Å². The number of hydrogen-bond donors (Lipinski definition) is 1. The lowest BCUT2D eigenvalue weighted by Crippen LogP contribution is -2.37. The van der Waals surface area contributed by atoms with E-state index in [1.807, 2.05) is 0 Å². The molecular weight excluding hydrogens is 369 g/mol. The minimum atomic E-state index is -3.20. The first-order chi connectivity index (χ1) is 6.25. The highest BCUT2D eigenvalue weighted by atomic mass is 127. The van der Waals surface area contributed by atoms with Crippen LogP contribution in [-0.2, 0) is 5.60 Å². The van der Waals surface area contributed by atoms with Gasteiger partial charge in [0.2, 0.25) is 0 Å². The summed E-state index contributed by atoms with van der Waals surface area (Å²) in [7, 11) is 0. The first kappa shape index (κ1) is 12.3. The second-order valence-corrected chi connectivity index (χ2v) is 5.35. The van der Waals surface area contributed by atoms with Crippen molar-refractivity contribution in [3.63, 3.8) is 0 Å². The lowest BCUT2D eigenvalue weighted by molar-refractivity contribution is -0.101. The number of aliphatic hydroxyl groups is 1. The van der Waals surface area contributed by atoms with Crippen LogP contribution in [-0.4, -0.2) is 9.04 Å². The monoisotopic (exact) mass is 376 g/mol. The summed E-state index contributed by atoms with van der Waals surface area (Å²) in [5.41, 5.74) is -1.95. The first-order valence-electron chi connectivity index (χ1n) is 3.80. The average Bonchev–Trinajstić information content (AvgIpc) is 2.03. The smallest absolute Gasteiger partial charge is 0.328 e. The lowest BCUT2D eigenvalue weighted by atomic mass is 9.97. The molecule has 5 heteroatoms. The Bertz CT molecular complexity index is 319. The van der Waals surface area contributed by atoms with Crippen molar-refractivity contribution in [2.45, 2.75) is 16.5 Å². The molecule has 1 unspecified atom stereocenters. The van der Waals surface area contributed by atoms with E-state index in [1.54, 1.807) is 12.1 Å². The van der Waals surface area contributed by atoms with Crippen LogP contribution in [0.4, 0.5) is 8.78 Å². The molecule has 1 atom stereocenters. The summed E-state index contributed by atoms with van der Waals surface area (Å²) in [5, 5.41) is 9.64. The molecule has 0 spiro atoms. The number of hydrogen-bond acceptors (Lipinski definition) is 1. The Morgan fingerprint density at radius 1 is 1.29 bits per heavy atom. The van der Waals surface area contributed by atoms with Crippen LogP contribution < -0.4 is 0 Å². The van der Waals surface area contributed by atoms with Gasteiger partial charge in [0.15, 0.2) is 5.60 Å². The quantitative estimate of drug-likeness (QED) is 0.616. The molecule has 0 saturated heterocycles. The molecule has 1 rings (SSSR count). The van der Waals surface area contributed by atoms with Gasteiger partial charge < -0.3 is 5.11 Å². The minimum absolute atomic E-state index is 0.195. The van der Waals surface area contributed by atoms with Crippen LogP contribution in [0.15, 0.2) is 28.7 Å². The van der Waals surface area contributed by atoms with E-state index in [0.29, 0.717) is 0 Å². The van der Waals surface area contributed by atoms with Gasteiger partial charge in [0.25, 0.3) is 0 Å². The third kappa shape index (κ3) is 2.43. The summed E-state index contributed by atoms with van der Waals surface area (Å²) in [5.74, 6) is 0. The topological polar surface area (TPSA) is 20.2 Å². The van der Waals surface area contributed by atoms with Crippen LogP contribution in [0.1, 0.15) is 12.5 Å². The van der Waals surface area contributed by atoms with Crippen molar-refractivity contribution in [1.29, 1.82) is 0 Å². The molecule has 14 heavy (non-hydrogen) atoms. The van der Waals surface area contributed by atoms with Gasteiger partial charge in [-0.1, -0.05) is 28.1 Å². The fourth-order valence-electron chi connectivity index (χ4n) is 0.938. The number of rotatable bonds is 2. The summed E-state index contributed by atoms with van der Waals surface area (Å²) >= 11 is 4.13. The maximum atomic E-state index is 13.0. The Morgan fingerprint density at radius 2 is 1.71 bits per heavy atom. The molecule has 1 N–H and O–H groups in total. The van der Waals surface area contributed by atoms with Gasteiger partial charge in [-0.2, -0.15) is 8.78 Å². The van der Waals surface area contributed by atoms with E-state index in [2.05, 4.69) is 15.9 Å². The molecule has 0 aliphatic heterocycles. The molecule has 0 aliphatic carbocycles. The predicted molar refractivity (Wildman–Crippen MR) is 62.7 cm³/mol. The van der Waals surface area contributed by atoms with E-state index >= 15 is 0 Å². The van der Waals surface area contributed by atoms with Gasteiger partial charge in [0, 0.05) is 27.1 Å². The summed E-state index contributed by atoms with van der Waals surface area (Å²) in [6.07, 6.45) is 0. The third-order valence-corrected chi connectivity index (χ3v) is 3.54. The summed E-state index contributed by atoms with van der Waals surface area (Å²) < 4.78 is 23.6. The molecule has 0 saturated carbocycles. The van der Waals surface area contributed by atoms with Crippen LogP contribution in [0.5, 0.6) is 0 Å². The van der Waals surface area contributed by atoms with Crippen molar-refractivity contribution in [2.24, 2.45) is 0 Å². The normalized spacial score (nSPS) is 16.4. The molecule has 0 heterocycles. The SMILES string of the molecule is CC(O)(c1ccc(Br)cc1)C(F)(F)I. The van der Waals surface area contributed by atoms with Crippen molar-refractivity contribution in [3.8, 4) is 0 Å². The van der Waals surface area contributed by atoms with E-state index in [0.717, 1.165) is 34.0 Å². The highest BCUT2D eigenvalue weighted by Crippen LogP contribution is 2.42. The molecule has 0 aromatic heterocycles. The molecule has 0 fully saturated rings. The van der Waals surface area contributed by atoms with Gasteiger partial charge in [0.1, 0.15) is 0 Å². The van der Waals surface area contributed by atoms with Gasteiger partial charge >= 0.3 is 3.93 Å². The van der Waals surface area contributed by atoms with Gasteiger partial charge in [0.05, 0.1) is 0 Å². The van der Waals surface area contributed by atoms with Crippen LogP contribution in [0, 0.1) is 0 Å². The summed E-state index contributed by atoms with van der Waals surface area (Å²) in [6, 6.07) is 6.17. The zero-order valence-electron chi connectivity index (χ0n) is 7.27. The Hall–Kier alpha value is 0.250. The first-order valence-corrected chi connectivity index (χ1v) is 5.67. The van der Waals surface area contributed by atoms with E-state index < -0.39 is 9.53 Å². The van der Waals surface area contributed by atoms with E-state index in [9.17, 15) is 13.9 Å². The highest BCUT2D eigenvalue weighted by Gasteiger charge is 2.47. The molecule has 1 aromatic rings. The van der Waals surface area contributed by atoms with Crippen molar-refractivity contribution in [2.75, 3.05) is 0 Å². The van der Waals surface area contributed by atoms with Crippen molar-refractivity contribution < 1.29 is 13.9 Å². The lowest BCUT2D eigenvalue weighted by Gasteiger charge is -2.28. The van der Waals surface area contributed by atoms with E-state index in [-0.39, 0.29) is 5.56 Å². The Kier molecular flexibility index (Phi) is 3.53. The fourth-order valence-corrected chi connectivity index (χ4v) is 1.51. The summed E-state index contributed by atoms with van der Waals surface area (Å²) in [4.78, 5) is 0. The molecule has 0 radical (unpaired) electrons. The number of halogens is 4. The zero-order chi connectivity index (χ0) is 11.0. The van der Waals surface area contributed by atoms with Crippen LogP contribution in [0.25, 0.3) is 0 Å². The van der Waals surface area contributed by atoms with Gasteiger partial charge in [-0.15, -0.1) is 0 Å². The van der Waals surface area contributed by atoms with Gasteiger partial charge in [-0.05, 0) is 24.6 Å². The highest BCUT2D eigenvalue weighted by molar-refractivity contribution is 14.1. The van der Waals surface area contributed by atoms with Crippen LogP contribution in [0.2, 0.25) is 0 Å². The molecule has 1 nitrogen and oxygen atoms in total. The number of alkyl halides is 3. The molecule has 78 valence electrons. The Labute approximate surface area is 103 Å². The van der Waals surface area contributed by atoms with Crippen LogP contribution in [0.3, 0.4) is 0 Å². The maximum absolute atomic E-state index is 13.0. The van der Waals surface area contributed by atoms with E-state index in [1.165, 1.54) is 12.1 Å². The second kappa shape index (κ2) is 4.02. The van der Waals surface area contributed by atoms with E-state index in [4.69, 9.17) is 0 Å². The Balaban J connectivity index is 3.10. The molecule has 0 amide bonds. The van der Waals surface area contributed by atoms with Crippen molar-refractivity contribution in [1.82, 2.24) is 0 Å². The van der Waals surface area contributed by atoms with Crippen molar-refractivity contribution in [3.05, 3.63) is 34.3 Å². The molecule has 0 aliphatic rings. The summed E-state index contributed by atoms with van der Waals surface area (Å²) in [6.45, 7) is 1.10. The third-order valence-electron chi connectivity index (χ3n) is 1.96.